The number of aromatic nitrogens is 1. The Morgan fingerprint density at radius 2 is 1.95 bits per heavy atom. The summed E-state index contributed by atoms with van der Waals surface area (Å²) in [6, 6.07) is 9.39. The van der Waals surface area contributed by atoms with Crippen molar-refractivity contribution in [2.45, 2.75) is 12.6 Å². The van der Waals surface area contributed by atoms with Gasteiger partial charge in [0.15, 0.2) is 8.71 Å². The predicted molar refractivity (Wildman–Crippen MR) is 82.3 cm³/mol. The third-order valence-electron chi connectivity index (χ3n) is 2.62. The van der Waals surface area contributed by atoms with E-state index in [4.69, 9.17) is 0 Å². The molecule has 0 unspecified atom stereocenters. The van der Waals surface area contributed by atoms with Crippen LogP contribution in [0.1, 0.15) is 20.9 Å². The van der Waals surface area contributed by atoms with E-state index in [1.807, 2.05) is 30.3 Å². The summed E-state index contributed by atoms with van der Waals surface area (Å²) in [5.41, 5.74) is -0.109. The summed E-state index contributed by atoms with van der Waals surface area (Å²) < 4.78 is 38.5. The van der Waals surface area contributed by atoms with Crippen molar-refractivity contribution in [1.82, 2.24) is 10.3 Å². The molecular weight excluding hydrogens is 416 g/mol. The highest BCUT2D eigenvalue weighted by molar-refractivity contribution is 14.1. The average molecular weight is 426 g/mol. The van der Waals surface area contributed by atoms with Crippen molar-refractivity contribution in [2.75, 3.05) is 6.54 Å². The van der Waals surface area contributed by atoms with Crippen LogP contribution in [0.15, 0.2) is 30.3 Å². The molecule has 0 radical (unpaired) electrons. The van der Waals surface area contributed by atoms with E-state index < -0.39 is 17.8 Å². The van der Waals surface area contributed by atoms with Crippen LogP contribution in [0.2, 0.25) is 0 Å². The number of nitrogens with zero attached hydrogens (tertiary/aromatic N) is 1. The van der Waals surface area contributed by atoms with Crippen LogP contribution in [0.3, 0.4) is 0 Å². The average Bonchev–Trinajstić information content (AvgIpc) is 2.82. The first-order valence-electron chi connectivity index (χ1n) is 5.93. The van der Waals surface area contributed by atoms with Gasteiger partial charge >= 0.3 is 6.18 Å². The molecule has 0 fully saturated rings. The van der Waals surface area contributed by atoms with Gasteiger partial charge in [0, 0.05) is 6.54 Å². The molecule has 0 saturated carbocycles. The topological polar surface area (TPSA) is 42.0 Å². The molecule has 2 rings (SSSR count). The van der Waals surface area contributed by atoms with E-state index in [2.05, 4.69) is 10.3 Å². The Labute approximate surface area is 136 Å². The summed E-state index contributed by atoms with van der Waals surface area (Å²) in [7, 11) is 0. The number of alkyl halides is 3. The fourth-order valence-corrected chi connectivity index (χ4v) is 3.32. The Hall–Kier alpha value is -1.16. The summed E-state index contributed by atoms with van der Waals surface area (Å²) in [4.78, 5) is 14.9. The van der Waals surface area contributed by atoms with Crippen molar-refractivity contribution in [3.8, 4) is 0 Å². The smallest absolute Gasteiger partial charge is 0.351 e. The van der Waals surface area contributed by atoms with Gasteiger partial charge in [0.05, 0.1) is 0 Å². The molecule has 1 heterocycles. The second-order valence-electron chi connectivity index (χ2n) is 4.13. The fourth-order valence-electron chi connectivity index (χ4n) is 1.69. The number of halogens is 4. The summed E-state index contributed by atoms with van der Waals surface area (Å²) in [5, 5.41) is 2.50. The first-order chi connectivity index (χ1) is 9.88. The van der Waals surface area contributed by atoms with Crippen LogP contribution >= 0.6 is 33.9 Å². The minimum Gasteiger partial charge on any atom is -0.351 e. The van der Waals surface area contributed by atoms with Crippen LogP contribution in [0.4, 0.5) is 13.2 Å². The molecule has 1 amide bonds. The standard InChI is InChI=1S/C13H10F3IN2OS/c14-13(15,16)10-9(21-12(17)19-10)11(20)18-7-6-8-4-2-1-3-5-8/h1-5H,6-7H2,(H,18,20). The van der Waals surface area contributed by atoms with Gasteiger partial charge in [-0.15, -0.1) is 11.3 Å². The van der Waals surface area contributed by atoms with Gasteiger partial charge < -0.3 is 5.32 Å². The number of carbonyl (C=O) groups is 1. The predicted octanol–water partition coefficient (Wildman–Crippen LogP) is 3.74. The zero-order valence-corrected chi connectivity index (χ0v) is 13.6. The second-order valence-corrected chi connectivity index (χ2v) is 6.89. The van der Waals surface area contributed by atoms with Crippen molar-refractivity contribution in [1.29, 1.82) is 0 Å². The van der Waals surface area contributed by atoms with Gasteiger partial charge in [-0.1, -0.05) is 30.3 Å². The Morgan fingerprint density at radius 1 is 1.29 bits per heavy atom. The number of carbonyl (C=O) groups excluding carboxylic acids is 1. The van der Waals surface area contributed by atoms with Crippen molar-refractivity contribution >= 4 is 39.8 Å². The molecule has 0 aliphatic heterocycles. The molecule has 21 heavy (non-hydrogen) atoms. The lowest BCUT2D eigenvalue weighted by atomic mass is 10.1. The highest BCUT2D eigenvalue weighted by Crippen LogP contribution is 2.34. The minimum atomic E-state index is -4.62. The van der Waals surface area contributed by atoms with E-state index in [-0.39, 0.29) is 14.4 Å². The van der Waals surface area contributed by atoms with Gasteiger partial charge in [-0.25, -0.2) is 4.98 Å². The lowest BCUT2D eigenvalue weighted by Gasteiger charge is -2.07. The lowest BCUT2D eigenvalue weighted by Crippen LogP contribution is -2.27. The maximum absolute atomic E-state index is 12.8. The van der Waals surface area contributed by atoms with Crippen LogP contribution in [-0.2, 0) is 12.6 Å². The van der Waals surface area contributed by atoms with E-state index >= 15 is 0 Å². The second kappa shape index (κ2) is 6.73. The molecule has 1 aromatic heterocycles. The maximum atomic E-state index is 12.8. The molecule has 1 aromatic carbocycles. The number of hydrogen-bond donors (Lipinski definition) is 1. The Balaban J connectivity index is 2.01. The van der Waals surface area contributed by atoms with Crippen LogP contribution < -0.4 is 5.32 Å². The number of nitrogens with one attached hydrogen (secondary N) is 1. The van der Waals surface area contributed by atoms with Gasteiger partial charge in [0.1, 0.15) is 4.88 Å². The van der Waals surface area contributed by atoms with E-state index in [1.165, 1.54) is 0 Å². The SMILES string of the molecule is O=C(NCCc1ccccc1)c1sc(I)nc1C(F)(F)F. The normalized spacial score (nSPS) is 11.4. The van der Waals surface area contributed by atoms with Crippen LogP contribution in [-0.4, -0.2) is 17.4 Å². The zero-order valence-electron chi connectivity index (χ0n) is 10.6. The van der Waals surface area contributed by atoms with Crippen LogP contribution in [0.5, 0.6) is 0 Å². The van der Waals surface area contributed by atoms with Gasteiger partial charge in [0.2, 0.25) is 0 Å². The van der Waals surface area contributed by atoms with Crippen LogP contribution in [0.25, 0.3) is 0 Å². The monoisotopic (exact) mass is 426 g/mol. The molecule has 0 atom stereocenters. The molecule has 2 aromatic rings. The van der Waals surface area contributed by atoms with Crippen molar-refractivity contribution in [3.05, 3.63) is 49.5 Å². The van der Waals surface area contributed by atoms with Crippen molar-refractivity contribution < 1.29 is 18.0 Å². The minimum absolute atomic E-state index is 0.188. The molecule has 3 nitrogen and oxygen atoms in total. The molecule has 8 heteroatoms. The third-order valence-corrected chi connectivity index (χ3v) is 4.36. The molecule has 0 aliphatic rings. The quantitative estimate of drug-likeness (QED) is 0.758. The molecule has 0 spiro atoms. The molecular formula is C13H10F3IN2OS. The van der Waals surface area contributed by atoms with Gasteiger partial charge in [0.25, 0.3) is 5.91 Å². The number of rotatable bonds is 4. The van der Waals surface area contributed by atoms with Gasteiger partial charge in [-0.3, -0.25) is 4.79 Å². The Bertz CT molecular complexity index is 628. The Morgan fingerprint density at radius 3 is 2.57 bits per heavy atom. The molecule has 0 bridgehead atoms. The molecule has 0 saturated heterocycles. The number of hydrogen-bond acceptors (Lipinski definition) is 3. The number of thiazole rings is 1. The summed E-state index contributed by atoms with van der Waals surface area (Å²) >= 11 is 2.41. The summed E-state index contributed by atoms with van der Waals surface area (Å²) in [6.45, 7) is 0.272. The summed E-state index contributed by atoms with van der Waals surface area (Å²) in [5.74, 6) is -0.737. The first-order valence-corrected chi connectivity index (χ1v) is 7.83. The van der Waals surface area contributed by atoms with Gasteiger partial charge in [-0.2, -0.15) is 13.2 Å². The van der Waals surface area contributed by atoms with E-state index in [9.17, 15) is 18.0 Å². The number of benzene rings is 1. The molecule has 112 valence electrons. The van der Waals surface area contributed by atoms with Gasteiger partial charge in [-0.05, 0) is 34.6 Å². The lowest BCUT2D eigenvalue weighted by molar-refractivity contribution is -0.141. The Kier molecular flexibility index (Phi) is 5.20. The fraction of sp³-hybridized carbons (Fsp3) is 0.231. The van der Waals surface area contributed by atoms with E-state index in [0.717, 1.165) is 16.9 Å². The third kappa shape index (κ3) is 4.40. The van der Waals surface area contributed by atoms with E-state index in [1.54, 1.807) is 22.6 Å². The van der Waals surface area contributed by atoms with Crippen molar-refractivity contribution in [3.63, 3.8) is 0 Å². The largest absolute Gasteiger partial charge is 0.435 e. The van der Waals surface area contributed by atoms with Crippen LogP contribution in [0, 0.1) is 3.01 Å². The molecule has 1 N–H and O–H groups in total. The first kappa shape index (κ1) is 16.2. The molecule has 0 aliphatic carbocycles. The highest BCUT2D eigenvalue weighted by atomic mass is 127. The summed E-state index contributed by atoms with van der Waals surface area (Å²) in [6.07, 6.45) is -4.06. The van der Waals surface area contributed by atoms with Crippen molar-refractivity contribution in [2.24, 2.45) is 0 Å². The van der Waals surface area contributed by atoms with E-state index in [0.29, 0.717) is 6.42 Å². The zero-order chi connectivity index (χ0) is 15.5. The highest BCUT2D eigenvalue weighted by Gasteiger charge is 2.39. The number of amides is 1. The maximum Gasteiger partial charge on any atom is 0.435 e.